The molecule has 3 saturated carbocycles. The van der Waals surface area contributed by atoms with Gasteiger partial charge in [-0.25, -0.2) is 4.79 Å². The average molecular weight is 711 g/mol. The predicted octanol–water partition coefficient (Wildman–Crippen LogP) is 11.4. The molecule has 2 aromatic carbocycles. The number of benzene rings is 2. The molecule has 2 aromatic rings. The van der Waals surface area contributed by atoms with Gasteiger partial charge in [-0.15, -0.1) is 0 Å². The second-order valence-corrected chi connectivity index (χ2v) is 18.9. The van der Waals surface area contributed by atoms with E-state index in [9.17, 15) is 4.79 Å². The minimum Gasteiger partial charge on any atom is -0.491 e. The van der Waals surface area contributed by atoms with Gasteiger partial charge < -0.3 is 18.9 Å². The van der Waals surface area contributed by atoms with Crippen molar-refractivity contribution < 1.29 is 23.7 Å². The second kappa shape index (κ2) is 15.6. The van der Waals surface area contributed by atoms with E-state index in [4.69, 9.17) is 18.9 Å². The number of hydrogen-bond donors (Lipinski definition) is 0. The van der Waals surface area contributed by atoms with Gasteiger partial charge in [0.1, 0.15) is 18.5 Å². The van der Waals surface area contributed by atoms with E-state index < -0.39 is 0 Å². The minimum atomic E-state index is -0.202. The van der Waals surface area contributed by atoms with E-state index in [1.54, 1.807) is 5.57 Å². The van der Waals surface area contributed by atoms with E-state index in [2.05, 4.69) is 59.8 Å². The Labute approximate surface area is 314 Å². The van der Waals surface area contributed by atoms with Crippen molar-refractivity contribution in [2.24, 2.45) is 51.8 Å². The molecule has 8 unspecified atom stereocenters. The normalized spacial score (nSPS) is 32.5. The molecule has 4 aliphatic carbocycles. The summed E-state index contributed by atoms with van der Waals surface area (Å²) in [6.07, 6.45) is 16.6. The molecule has 52 heavy (non-hydrogen) atoms. The average Bonchev–Trinajstić information content (AvgIpc) is 3.48. The van der Waals surface area contributed by atoms with Crippen LogP contribution in [0.5, 0.6) is 5.75 Å². The first kappa shape index (κ1) is 37.7. The highest BCUT2D eigenvalue weighted by molar-refractivity contribution is 5.90. The molecular weight excluding hydrogens is 645 g/mol. The lowest BCUT2D eigenvalue weighted by Crippen LogP contribution is -2.51. The summed E-state index contributed by atoms with van der Waals surface area (Å²) < 4.78 is 23.1. The van der Waals surface area contributed by atoms with Crippen molar-refractivity contribution in [1.82, 2.24) is 0 Å². The molecule has 1 saturated heterocycles. The van der Waals surface area contributed by atoms with Gasteiger partial charge in [0.15, 0.2) is 0 Å². The Morgan fingerprint density at radius 2 is 1.58 bits per heavy atom. The first-order valence-corrected chi connectivity index (χ1v) is 20.9. The zero-order valence-electron chi connectivity index (χ0n) is 33.1. The SMILES string of the molecule is CC(C)CCCC(C)C1CCC2C3CC=C4CC(OC(=O)c5ccc(-c6ccc(OCCOCC7(C)COC7)cc6)cc5)CCC4(C)C3CCC12C. The van der Waals surface area contributed by atoms with E-state index in [1.807, 2.05) is 36.4 Å². The number of hydrogen-bond acceptors (Lipinski definition) is 5. The molecule has 0 N–H and O–H groups in total. The Bertz CT molecular complexity index is 1540. The highest BCUT2D eigenvalue weighted by Crippen LogP contribution is 2.67. The molecular formula is C47H66O5. The summed E-state index contributed by atoms with van der Waals surface area (Å²) in [5, 5.41) is 0. The Morgan fingerprint density at radius 1 is 0.846 bits per heavy atom. The van der Waals surface area contributed by atoms with Crippen LogP contribution in [-0.2, 0) is 14.2 Å². The van der Waals surface area contributed by atoms with Crippen molar-refractivity contribution in [3.63, 3.8) is 0 Å². The van der Waals surface area contributed by atoms with Crippen molar-refractivity contribution in [2.45, 2.75) is 118 Å². The molecule has 0 bridgehead atoms. The van der Waals surface area contributed by atoms with Crippen LogP contribution in [0.1, 0.15) is 123 Å². The Hall–Kier alpha value is -2.63. The van der Waals surface area contributed by atoms with E-state index in [-0.39, 0.29) is 22.9 Å². The standard InChI is InChI=1S/C47H66O5/c1-32(2)8-7-9-33(3)41-20-21-42-40-19-16-37-28-39(22-24-46(37,5)43(40)23-25-47(41,42)6)52-44(48)36-12-10-34(11-13-36)35-14-17-38(18-15-35)51-27-26-49-29-45(4)30-50-31-45/h10-18,32-33,39-43H,7-9,19-31H2,1-6H3. The van der Waals surface area contributed by atoms with Crippen LogP contribution >= 0.6 is 0 Å². The maximum Gasteiger partial charge on any atom is 0.338 e. The van der Waals surface area contributed by atoms with Gasteiger partial charge in [0, 0.05) is 11.8 Å². The van der Waals surface area contributed by atoms with Crippen LogP contribution in [0.2, 0.25) is 0 Å². The van der Waals surface area contributed by atoms with Gasteiger partial charge in [-0.3, -0.25) is 0 Å². The minimum absolute atomic E-state index is 0.0345. The maximum atomic E-state index is 13.4. The fourth-order valence-corrected chi connectivity index (χ4v) is 11.6. The lowest BCUT2D eigenvalue weighted by Gasteiger charge is -2.58. The number of fused-ring (bicyclic) bond motifs is 5. The third kappa shape index (κ3) is 7.79. The molecule has 0 radical (unpaired) electrons. The third-order valence-corrected chi connectivity index (χ3v) is 14.7. The summed E-state index contributed by atoms with van der Waals surface area (Å²) in [5.41, 5.74) is 5.28. The molecule has 4 fully saturated rings. The Kier molecular flexibility index (Phi) is 11.3. The van der Waals surface area contributed by atoms with E-state index in [0.29, 0.717) is 30.8 Å². The molecule has 8 atom stereocenters. The molecule has 1 aliphatic heterocycles. The van der Waals surface area contributed by atoms with Gasteiger partial charge in [0.2, 0.25) is 0 Å². The molecule has 5 heteroatoms. The number of ether oxygens (including phenoxy) is 4. The summed E-state index contributed by atoms with van der Waals surface area (Å²) in [4.78, 5) is 13.4. The van der Waals surface area contributed by atoms with Crippen LogP contribution in [0.15, 0.2) is 60.2 Å². The number of carbonyl (C=O) groups is 1. The fraction of sp³-hybridized carbons (Fsp3) is 0.681. The zero-order valence-corrected chi connectivity index (χ0v) is 33.1. The number of carbonyl (C=O) groups excluding carboxylic acids is 1. The topological polar surface area (TPSA) is 54.0 Å². The maximum absolute atomic E-state index is 13.4. The molecule has 0 aromatic heterocycles. The van der Waals surface area contributed by atoms with E-state index in [1.165, 1.54) is 51.4 Å². The molecule has 0 spiro atoms. The highest BCUT2D eigenvalue weighted by Gasteiger charge is 2.59. The van der Waals surface area contributed by atoms with Crippen molar-refractivity contribution in [2.75, 3.05) is 33.0 Å². The van der Waals surface area contributed by atoms with E-state index >= 15 is 0 Å². The van der Waals surface area contributed by atoms with Gasteiger partial charge in [0.05, 0.1) is 32.0 Å². The van der Waals surface area contributed by atoms with Crippen molar-refractivity contribution in [1.29, 1.82) is 0 Å². The summed E-state index contributed by atoms with van der Waals surface area (Å²) in [6, 6.07) is 15.9. The van der Waals surface area contributed by atoms with Crippen LogP contribution in [-0.4, -0.2) is 45.1 Å². The number of rotatable bonds is 14. The Balaban J connectivity index is 0.898. The molecule has 5 nitrogen and oxygen atoms in total. The van der Waals surface area contributed by atoms with Crippen molar-refractivity contribution in [3.8, 4) is 16.9 Å². The summed E-state index contributed by atoms with van der Waals surface area (Å²) >= 11 is 0. The van der Waals surface area contributed by atoms with Crippen molar-refractivity contribution in [3.05, 3.63) is 65.7 Å². The molecule has 1 heterocycles. The third-order valence-electron chi connectivity index (χ3n) is 14.7. The zero-order chi connectivity index (χ0) is 36.5. The lowest BCUT2D eigenvalue weighted by molar-refractivity contribution is -0.139. The van der Waals surface area contributed by atoms with Crippen LogP contribution in [0.3, 0.4) is 0 Å². The van der Waals surface area contributed by atoms with Gasteiger partial charge in [-0.05, 0) is 127 Å². The van der Waals surface area contributed by atoms with Gasteiger partial charge in [-0.1, -0.05) is 96.7 Å². The van der Waals surface area contributed by atoms with Crippen LogP contribution in [0, 0.1) is 51.8 Å². The second-order valence-electron chi connectivity index (χ2n) is 18.9. The Morgan fingerprint density at radius 3 is 2.27 bits per heavy atom. The predicted molar refractivity (Wildman–Crippen MR) is 209 cm³/mol. The largest absolute Gasteiger partial charge is 0.491 e. The fourth-order valence-electron chi connectivity index (χ4n) is 11.6. The summed E-state index contributed by atoms with van der Waals surface area (Å²) in [5.74, 6) is 5.65. The monoisotopic (exact) mass is 710 g/mol. The van der Waals surface area contributed by atoms with Crippen LogP contribution in [0.25, 0.3) is 11.1 Å². The van der Waals surface area contributed by atoms with Gasteiger partial charge >= 0.3 is 5.97 Å². The van der Waals surface area contributed by atoms with Crippen LogP contribution < -0.4 is 4.74 Å². The molecule has 0 amide bonds. The molecule has 5 aliphatic rings. The number of allylic oxidation sites excluding steroid dienone is 1. The van der Waals surface area contributed by atoms with Gasteiger partial charge in [0.25, 0.3) is 0 Å². The summed E-state index contributed by atoms with van der Waals surface area (Å²) in [7, 11) is 0. The first-order chi connectivity index (χ1) is 25.0. The van der Waals surface area contributed by atoms with Crippen molar-refractivity contribution >= 4 is 5.97 Å². The van der Waals surface area contributed by atoms with Gasteiger partial charge in [-0.2, -0.15) is 0 Å². The smallest absolute Gasteiger partial charge is 0.338 e. The molecule has 7 rings (SSSR count). The molecule has 284 valence electrons. The summed E-state index contributed by atoms with van der Waals surface area (Å²) in [6.45, 7) is 18.1. The quantitative estimate of drug-likeness (QED) is 0.111. The lowest BCUT2D eigenvalue weighted by atomic mass is 9.47. The highest BCUT2D eigenvalue weighted by atomic mass is 16.5. The first-order valence-electron chi connectivity index (χ1n) is 20.9. The van der Waals surface area contributed by atoms with Crippen LogP contribution in [0.4, 0.5) is 0 Å². The van der Waals surface area contributed by atoms with E-state index in [0.717, 1.165) is 84.9 Å². The number of esters is 1.